The minimum atomic E-state index is -0.721. The van der Waals surface area contributed by atoms with Crippen LogP contribution >= 0.6 is 0 Å². The molecule has 0 saturated heterocycles. The largest absolute Gasteiger partial charge is 0.497 e. The van der Waals surface area contributed by atoms with Gasteiger partial charge in [0.2, 0.25) is 0 Å². The summed E-state index contributed by atoms with van der Waals surface area (Å²) in [5.74, 6) is 0.615. The van der Waals surface area contributed by atoms with E-state index < -0.39 is 6.04 Å². The lowest BCUT2D eigenvalue weighted by atomic mass is 10.0. The Hall–Kier alpha value is -3.35. The van der Waals surface area contributed by atoms with Crippen LogP contribution in [0.3, 0.4) is 0 Å². The molecule has 2 aromatic rings. The Balaban J connectivity index is 1.94. The van der Waals surface area contributed by atoms with Crippen LogP contribution in [0.15, 0.2) is 53.6 Å². The summed E-state index contributed by atoms with van der Waals surface area (Å²) < 4.78 is 10.6. The number of ether oxygens (including phenoxy) is 2. The highest BCUT2D eigenvalue weighted by atomic mass is 16.5. The molecule has 7 nitrogen and oxygen atoms in total. The van der Waals surface area contributed by atoms with Gasteiger partial charge in [-0.1, -0.05) is 20.8 Å². The fourth-order valence-corrected chi connectivity index (χ4v) is 2.61. The maximum absolute atomic E-state index is 12.5. The topological polar surface area (TPSA) is 89.0 Å². The van der Waals surface area contributed by atoms with Crippen molar-refractivity contribution in [2.75, 3.05) is 13.7 Å². The molecule has 2 rings (SSSR count). The number of hydrogen-bond donors (Lipinski definition) is 2. The van der Waals surface area contributed by atoms with E-state index in [2.05, 4.69) is 15.8 Å². The van der Waals surface area contributed by atoms with E-state index in [0.717, 1.165) is 17.7 Å². The summed E-state index contributed by atoms with van der Waals surface area (Å²) in [6.07, 6.45) is 2.49. The van der Waals surface area contributed by atoms with Crippen molar-refractivity contribution in [2.45, 2.75) is 33.2 Å². The van der Waals surface area contributed by atoms with E-state index >= 15 is 0 Å². The van der Waals surface area contributed by atoms with Crippen molar-refractivity contribution in [3.63, 3.8) is 0 Å². The van der Waals surface area contributed by atoms with Gasteiger partial charge in [0.15, 0.2) is 0 Å². The zero-order valence-corrected chi connectivity index (χ0v) is 17.8. The molecule has 160 valence electrons. The van der Waals surface area contributed by atoms with Crippen molar-refractivity contribution in [3.05, 3.63) is 59.7 Å². The van der Waals surface area contributed by atoms with Crippen LogP contribution in [0.2, 0.25) is 0 Å². The van der Waals surface area contributed by atoms with E-state index in [4.69, 9.17) is 9.47 Å². The average molecular weight is 412 g/mol. The molecule has 0 aliphatic rings. The molecule has 0 spiro atoms. The van der Waals surface area contributed by atoms with Gasteiger partial charge in [0.25, 0.3) is 11.8 Å². The quantitative estimate of drug-likeness (QED) is 0.463. The van der Waals surface area contributed by atoms with Crippen molar-refractivity contribution in [1.82, 2.24) is 10.7 Å². The third-order valence-electron chi connectivity index (χ3n) is 4.33. The average Bonchev–Trinajstić information content (AvgIpc) is 2.76. The van der Waals surface area contributed by atoms with E-state index in [1.807, 2.05) is 45.0 Å². The van der Waals surface area contributed by atoms with Gasteiger partial charge in [0.1, 0.15) is 17.5 Å². The molecule has 1 atom stereocenters. The van der Waals surface area contributed by atoms with Gasteiger partial charge in [0, 0.05) is 5.56 Å². The Morgan fingerprint density at radius 3 is 2.23 bits per heavy atom. The molecule has 30 heavy (non-hydrogen) atoms. The number of amides is 2. The van der Waals surface area contributed by atoms with Gasteiger partial charge < -0.3 is 14.8 Å². The molecule has 2 aromatic carbocycles. The molecule has 2 amide bonds. The first-order chi connectivity index (χ1) is 14.4. The second kappa shape index (κ2) is 11.6. The van der Waals surface area contributed by atoms with Crippen LogP contribution in [0.1, 0.15) is 43.1 Å². The first kappa shape index (κ1) is 22.9. The van der Waals surface area contributed by atoms with Crippen molar-refractivity contribution in [3.8, 4) is 11.5 Å². The molecular formula is C23H29N3O4. The molecule has 0 radical (unpaired) electrons. The summed E-state index contributed by atoms with van der Waals surface area (Å²) in [6.45, 7) is 6.43. The number of hydrazone groups is 1. The molecule has 0 fully saturated rings. The minimum Gasteiger partial charge on any atom is -0.497 e. The van der Waals surface area contributed by atoms with E-state index in [9.17, 15) is 9.59 Å². The predicted molar refractivity (Wildman–Crippen MR) is 117 cm³/mol. The Kier molecular flexibility index (Phi) is 8.87. The fourth-order valence-electron chi connectivity index (χ4n) is 2.61. The number of methoxy groups -OCH3 is 1. The van der Waals surface area contributed by atoms with E-state index in [1.165, 1.54) is 0 Å². The summed E-state index contributed by atoms with van der Waals surface area (Å²) >= 11 is 0. The molecule has 7 heteroatoms. The van der Waals surface area contributed by atoms with Crippen LogP contribution in [0.5, 0.6) is 11.5 Å². The number of carbonyl (C=O) groups is 2. The number of nitrogens with zero attached hydrogens (tertiary/aromatic N) is 1. The molecule has 0 bridgehead atoms. The zero-order chi connectivity index (χ0) is 21.9. The summed E-state index contributed by atoms with van der Waals surface area (Å²) in [7, 11) is 1.56. The summed E-state index contributed by atoms with van der Waals surface area (Å²) in [6, 6.07) is 13.4. The van der Waals surface area contributed by atoms with Gasteiger partial charge in [-0.05, 0) is 66.4 Å². The van der Waals surface area contributed by atoms with Crippen molar-refractivity contribution >= 4 is 18.0 Å². The van der Waals surface area contributed by atoms with Crippen LogP contribution in [-0.4, -0.2) is 37.8 Å². The van der Waals surface area contributed by atoms with Crippen molar-refractivity contribution < 1.29 is 19.1 Å². The molecule has 2 N–H and O–H groups in total. The second-order valence-electron chi connectivity index (χ2n) is 7.08. The molecular weight excluding hydrogens is 382 g/mol. The molecule has 0 aliphatic heterocycles. The maximum Gasteiger partial charge on any atom is 0.262 e. The van der Waals surface area contributed by atoms with Crippen LogP contribution in [-0.2, 0) is 4.79 Å². The molecule has 0 saturated carbocycles. The highest BCUT2D eigenvalue weighted by Gasteiger charge is 2.24. The smallest absolute Gasteiger partial charge is 0.262 e. The zero-order valence-electron chi connectivity index (χ0n) is 17.8. The number of benzene rings is 2. The van der Waals surface area contributed by atoms with Crippen molar-refractivity contribution in [2.24, 2.45) is 11.0 Å². The van der Waals surface area contributed by atoms with Crippen LogP contribution in [0.4, 0.5) is 0 Å². The van der Waals surface area contributed by atoms with Gasteiger partial charge in [-0.2, -0.15) is 5.10 Å². The lowest BCUT2D eigenvalue weighted by molar-refractivity contribution is -0.123. The number of carbonyl (C=O) groups excluding carboxylic acids is 2. The molecule has 0 aromatic heterocycles. The summed E-state index contributed by atoms with van der Waals surface area (Å²) in [5.41, 5.74) is 3.77. The van der Waals surface area contributed by atoms with Crippen LogP contribution in [0, 0.1) is 5.92 Å². The lowest BCUT2D eigenvalue weighted by Gasteiger charge is -2.20. The van der Waals surface area contributed by atoms with Gasteiger partial charge in [-0.15, -0.1) is 0 Å². The van der Waals surface area contributed by atoms with Gasteiger partial charge in [-0.25, -0.2) is 5.43 Å². The van der Waals surface area contributed by atoms with E-state index in [0.29, 0.717) is 17.9 Å². The Morgan fingerprint density at radius 1 is 1.03 bits per heavy atom. The maximum atomic E-state index is 12.5. The van der Waals surface area contributed by atoms with E-state index in [-0.39, 0.29) is 17.7 Å². The Morgan fingerprint density at radius 2 is 1.67 bits per heavy atom. The Labute approximate surface area is 177 Å². The van der Waals surface area contributed by atoms with Crippen LogP contribution < -0.4 is 20.2 Å². The standard InChI is InChI=1S/C23H29N3O4/c1-5-14-30-20-10-6-17(7-11-20)15-24-26-23(28)21(16(2)3)25-22(27)18-8-12-19(29-4)13-9-18/h6-13,15-16,21H,5,14H2,1-4H3,(H,25,27)(H,26,28). The van der Waals surface area contributed by atoms with Crippen LogP contribution in [0.25, 0.3) is 0 Å². The SMILES string of the molecule is CCCOc1ccc(C=NNC(=O)C(NC(=O)c2ccc(OC)cc2)C(C)C)cc1. The number of nitrogens with one attached hydrogen (secondary N) is 2. The third kappa shape index (κ3) is 6.92. The van der Waals surface area contributed by atoms with Crippen molar-refractivity contribution in [1.29, 1.82) is 0 Å². The first-order valence-corrected chi connectivity index (χ1v) is 9.95. The normalized spacial score (nSPS) is 11.9. The fraction of sp³-hybridized carbons (Fsp3) is 0.348. The predicted octanol–water partition coefficient (Wildman–Crippen LogP) is 3.39. The van der Waals surface area contributed by atoms with E-state index in [1.54, 1.807) is 37.6 Å². The Bertz CT molecular complexity index is 846. The van der Waals surface area contributed by atoms with Gasteiger partial charge >= 0.3 is 0 Å². The lowest BCUT2D eigenvalue weighted by Crippen LogP contribution is -2.48. The first-order valence-electron chi connectivity index (χ1n) is 9.95. The monoisotopic (exact) mass is 411 g/mol. The van der Waals surface area contributed by atoms with Gasteiger partial charge in [-0.3, -0.25) is 9.59 Å². The molecule has 1 unspecified atom stereocenters. The minimum absolute atomic E-state index is 0.114. The third-order valence-corrected chi connectivity index (χ3v) is 4.33. The summed E-state index contributed by atoms with van der Waals surface area (Å²) in [5, 5.41) is 6.77. The van der Waals surface area contributed by atoms with Gasteiger partial charge in [0.05, 0.1) is 19.9 Å². The number of rotatable bonds is 10. The molecule has 0 aliphatic carbocycles. The molecule has 0 heterocycles. The highest BCUT2D eigenvalue weighted by molar-refractivity contribution is 5.97. The number of hydrogen-bond acceptors (Lipinski definition) is 5. The highest BCUT2D eigenvalue weighted by Crippen LogP contribution is 2.13. The summed E-state index contributed by atoms with van der Waals surface area (Å²) in [4.78, 5) is 25.0. The second-order valence-corrected chi connectivity index (χ2v) is 7.08.